The summed E-state index contributed by atoms with van der Waals surface area (Å²) in [5, 5.41) is 10.1. The number of halogens is 1. The van der Waals surface area contributed by atoms with Crippen LogP contribution in [0.15, 0.2) is 16.7 Å². The molecule has 6 nitrogen and oxygen atoms in total. The van der Waals surface area contributed by atoms with Crippen molar-refractivity contribution in [3.05, 3.63) is 22.4 Å². The van der Waals surface area contributed by atoms with Crippen LogP contribution in [0.25, 0.3) is 0 Å². The van der Waals surface area contributed by atoms with Crippen molar-refractivity contribution in [2.24, 2.45) is 7.05 Å². The summed E-state index contributed by atoms with van der Waals surface area (Å²) in [7, 11) is 1.74. The molecule has 0 radical (unpaired) electrons. The average Bonchev–Trinajstić information content (AvgIpc) is 2.92. The van der Waals surface area contributed by atoms with Crippen molar-refractivity contribution in [2.75, 3.05) is 0 Å². The van der Waals surface area contributed by atoms with E-state index in [4.69, 9.17) is 0 Å². The monoisotopic (exact) mass is 343 g/mol. The maximum absolute atomic E-state index is 11.9. The lowest BCUT2D eigenvalue weighted by molar-refractivity contribution is -0.126. The molecule has 3 N–H and O–H groups in total. The Morgan fingerprint density at radius 1 is 1.40 bits per heavy atom. The Balaban J connectivity index is 1.84. The zero-order valence-corrected chi connectivity index (χ0v) is 12.9. The number of nitrogens with one attached hydrogen (secondary N) is 2. The van der Waals surface area contributed by atoms with Gasteiger partial charge in [0.15, 0.2) is 0 Å². The first kappa shape index (κ1) is 15.1. The van der Waals surface area contributed by atoms with Crippen LogP contribution in [0.1, 0.15) is 42.6 Å². The third-order valence-electron chi connectivity index (χ3n) is 3.54. The highest BCUT2D eigenvalue weighted by Crippen LogP contribution is 2.32. The number of nitrogens with zero attached hydrogens (tertiary/aromatic N) is 1. The molecule has 1 aromatic rings. The smallest absolute Gasteiger partial charge is 0.286 e. The molecule has 110 valence electrons. The van der Waals surface area contributed by atoms with Crippen LogP contribution in [-0.4, -0.2) is 27.1 Å². The lowest BCUT2D eigenvalue weighted by atomic mass is 9.98. The van der Waals surface area contributed by atoms with Crippen LogP contribution < -0.4 is 10.9 Å². The molecule has 1 heterocycles. The Morgan fingerprint density at radius 3 is 2.60 bits per heavy atom. The first-order chi connectivity index (χ1) is 9.39. The van der Waals surface area contributed by atoms with E-state index in [-0.39, 0.29) is 12.3 Å². The van der Waals surface area contributed by atoms with Gasteiger partial charge in [-0.15, -0.1) is 0 Å². The first-order valence-electron chi connectivity index (χ1n) is 6.53. The van der Waals surface area contributed by atoms with Gasteiger partial charge in [-0.05, 0) is 34.8 Å². The molecular formula is C13H18BrN3O3. The van der Waals surface area contributed by atoms with Crippen LogP contribution in [0.2, 0.25) is 0 Å². The third-order valence-corrected chi connectivity index (χ3v) is 3.98. The number of aliphatic hydroxyl groups is 1. The molecule has 0 bridgehead atoms. The summed E-state index contributed by atoms with van der Waals surface area (Å²) in [5.74, 6) is -0.777. The quantitative estimate of drug-likeness (QED) is 0.722. The van der Waals surface area contributed by atoms with Crippen LogP contribution >= 0.6 is 15.9 Å². The van der Waals surface area contributed by atoms with Gasteiger partial charge in [-0.3, -0.25) is 20.4 Å². The zero-order chi connectivity index (χ0) is 14.8. The van der Waals surface area contributed by atoms with Crippen LogP contribution in [-0.2, 0) is 11.8 Å². The molecule has 2 amide bonds. The minimum Gasteiger partial charge on any atom is -0.389 e. The normalized spacial score (nSPS) is 16.9. The molecule has 0 aromatic carbocycles. The molecule has 1 fully saturated rings. The van der Waals surface area contributed by atoms with Crippen molar-refractivity contribution in [1.82, 2.24) is 15.4 Å². The Hall–Kier alpha value is -1.34. The summed E-state index contributed by atoms with van der Waals surface area (Å²) in [5.41, 5.74) is 4.21. The predicted molar refractivity (Wildman–Crippen MR) is 76.8 cm³/mol. The van der Waals surface area contributed by atoms with E-state index < -0.39 is 11.5 Å². The molecule has 1 aromatic heterocycles. The van der Waals surface area contributed by atoms with Gasteiger partial charge in [0.1, 0.15) is 5.69 Å². The maximum Gasteiger partial charge on any atom is 0.286 e. The van der Waals surface area contributed by atoms with Gasteiger partial charge in [-0.1, -0.05) is 12.8 Å². The lowest BCUT2D eigenvalue weighted by Gasteiger charge is -2.21. The van der Waals surface area contributed by atoms with Gasteiger partial charge in [0.25, 0.3) is 5.91 Å². The number of amides is 2. The highest BCUT2D eigenvalue weighted by molar-refractivity contribution is 9.10. The van der Waals surface area contributed by atoms with E-state index in [2.05, 4.69) is 26.8 Å². The minimum absolute atomic E-state index is 0.0180. The summed E-state index contributed by atoms with van der Waals surface area (Å²) >= 11 is 3.28. The average molecular weight is 344 g/mol. The van der Waals surface area contributed by atoms with E-state index in [1.165, 1.54) is 0 Å². The van der Waals surface area contributed by atoms with Crippen molar-refractivity contribution in [3.63, 3.8) is 0 Å². The van der Waals surface area contributed by atoms with Gasteiger partial charge in [0.05, 0.1) is 12.0 Å². The fourth-order valence-corrected chi connectivity index (χ4v) is 3.02. The summed E-state index contributed by atoms with van der Waals surface area (Å²) in [4.78, 5) is 23.6. The maximum atomic E-state index is 11.9. The SMILES string of the molecule is Cn1cc(Br)cc1C(=O)NNC(=O)CC1(O)CCCC1. The van der Waals surface area contributed by atoms with Crippen LogP contribution in [0.5, 0.6) is 0 Å². The third kappa shape index (κ3) is 3.61. The van der Waals surface area contributed by atoms with Gasteiger partial charge in [0.2, 0.25) is 5.91 Å². The zero-order valence-electron chi connectivity index (χ0n) is 11.3. The number of hydrazine groups is 1. The summed E-state index contributed by atoms with van der Waals surface area (Å²) in [6.07, 6.45) is 4.92. The number of hydrogen-bond donors (Lipinski definition) is 3. The topological polar surface area (TPSA) is 83.4 Å². The molecule has 0 saturated heterocycles. The van der Waals surface area contributed by atoms with Gasteiger partial charge in [-0.25, -0.2) is 0 Å². The fraction of sp³-hybridized carbons (Fsp3) is 0.538. The second-order valence-corrected chi connectivity index (χ2v) is 6.18. The highest BCUT2D eigenvalue weighted by atomic mass is 79.9. The largest absolute Gasteiger partial charge is 0.389 e. The standard InChI is InChI=1S/C13H18BrN3O3/c1-17-8-9(14)6-10(17)12(19)16-15-11(18)7-13(20)4-2-3-5-13/h6,8,20H,2-5,7H2,1H3,(H,15,18)(H,16,19). The van der Waals surface area contributed by atoms with Gasteiger partial charge >= 0.3 is 0 Å². The van der Waals surface area contributed by atoms with Gasteiger partial charge in [0, 0.05) is 17.7 Å². The van der Waals surface area contributed by atoms with E-state index >= 15 is 0 Å². The molecule has 0 aliphatic heterocycles. The number of aryl methyl sites for hydroxylation is 1. The number of aromatic nitrogens is 1. The predicted octanol–water partition coefficient (Wildman–Crippen LogP) is 1.24. The molecular weight excluding hydrogens is 326 g/mol. The molecule has 20 heavy (non-hydrogen) atoms. The molecule has 1 aliphatic carbocycles. The summed E-state index contributed by atoms with van der Waals surface area (Å²) < 4.78 is 2.44. The van der Waals surface area contributed by atoms with Crippen LogP contribution in [0.4, 0.5) is 0 Å². The Labute approximate surface area is 125 Å². The Bertz CT molecular complexity index is 521. The second kappa shape index (κ2) is 5.97. The number of hydrogen-bond acceptors (Lipinski definition) is 3. The van der Waals surface area contributed by atoms with E-state index in [9.17, 15) is 14.7 Å². The lowest BCUT2D eigenvalue weighted by Crippen LogP contribution is -2.45. The van der Waals surface area contributed by atoms with Crippen molar-refractivity contribution in [2.45, 2.75) is 37.7 Å². The van der Waals surface area contributed by atoms with Crippen LogP contribution in [0, 0.1) is 0 Å². The van der Waals surface area contributed by atoms with E-state index in [1.54, 1.807) is 23.9 Å². The highest BCUT2D eigenvalue weighted by Gasteiger charge is 2.33. The van der Waals surface area contributed by atoms with Gasteiger partial charge < -0.3 is 9.67 Å². The fourth-order valence-electron chi connectivity index (χ4n) is 2.49. The van der Waals surface area contributed by atoms with E-state index in [1.807, 2.05) is 0 Å². The first-order valence-corrected chi connectivity index (χ1v) is 7.32. The second-order valence-electron chi connectivity index (χ2n) is 5.26. The van der Waals surface area contributed by atoms with Crippen molar-refractivity contribution < 1.29 is 14.7 Å². The Morgan fingerprint density at radius 2 is 2.05 bits per heavy atom. The summed E-state index contributed by atoms with van der Waals surface area (Å²) in [6, 6.07) is 1.66. The molecule has 0 spiro atoms. The Kier molecular flexibility index (Phi) is 4.49. The number of carbonyl (C=O) groups is 2. The summed E-state index contributed by atoms with van der Waals surface area (Å²) in [6.45, 7) is 0. The minimum atomic E-state index is -0.914. The van der Waals surface area contributed by atoms with Crippen molar-refractivity contribution in [1.29, 1.82) is 0 Å². The van der Waals surface area contributed by atoms with E-state index in [0.717, 1.165) is 17.3 Å². The van der Waals surface area contributed by atoms with E-state index in [0.29, 0.717) is 18.5 Å². The molecule has 2 rings (SSSR count). The van der Waals surface area contributed by atoms with Gasteiger partial charge in [-0.2, -0.15) is 0 Å². The van der Waals surface area contributed by atoms with Crippen molar-refractivity contribution in [3.8, 4) is 0 Å². The molecule has 0 atom stereocenters. The molecule has 1 saturated carbocycles. The molecule has 7 heteroatoms. The number of carbonyl (C=O) groups excluding carboxylic acids is 2. The number of rotatable bonds is 3. The molecule has 1 aliphatic rings. The van der Waals surface area contributed by atoms with Crippen LogP contribution in [0.3, 0.4) is 0 Å². The van der Waals surface area contributed by atoms with Crippen molar-refractivity contribution >= 4 is 27.7 Å². The molecule has 0 unspecified atom stereocenters.